The number of carboxylic acid groups (broad SMARTS) is 1. The van der Waals surface area contributed by atoms with Crippen LogP contribution in [0.5, 0.6) is 0 Å². The largest absolute Gasteiger partial charge is 0.478 e. The third kappa shape index (κ3) is 4.36. The lowest BCUT2D eigenvalue weighted by molar-refractivity contribution is 0.0696. The van der Waals surface area contributed by atoms with E-state index in [-0.39, 0.29) is 18.0 Å². The fourth-order valence-electron chi connectivity index (χ4n) is 2.46. The zero-order chi connectivity index (χ0) is 13.8. The van der Waals surface area contributed by atoms with Crippen LogP contribution in [0.25, 0.3) is 0 Å². The van der Waals surface area contributed by atoms with E-state index in [4.69, 9.17) is 10.8 Å². The van der Waals surface area contributed by atoms with Crippen LogP contribution in [0, 0.1) is 0 Å². The average Bonchev–Trinajstić information content (AvgIpc) is 2.63. The van der Waals surface area contributed by atoms with Crippen LogP contribution in [0.3, 0.4) is 0 Å². The van der Waals surface area contributed by atoms with E-state index in [1.807, 2.05) is 0 Å². The summed E-state index contributed by atoms with van der Waals surface area (Å²) in [5.74, 6) is -0.919. The van der Waals surface area contributed by atoms with Crippen molar-refractivity contribution in [1.82, 2.24) is 4.90 Å². The molecule has 112 valence electrons. The molecule has 0 bridgehead atoms. The van der Waals surface area contributed by atoms with Crippen molar-refractivity contribution in [2.24, 2.45) is 0 Å². The molecule has 0 amide bonds. The first-order valence-electron chi connectivity index (χ1n) is 6.61. The van der Waals surface area contributed by atoms with Crippen LogP contribution < -0.4 is 5.73 Å². The minimum atomic E-state index is -0.919. The number of halogens is 2. The summed E-state index contributed by atoms with van der Waals surface area (Å²) < 4.78 is 0.664. The van der Waals surface area contributed by atoms with Gasteiger partial charge in [0.15, 0.2) is 0 Å². The Labute approximate surface area is 133 Å². The number of anilines is 1. The second-order valence-electron chi connectivity index (χ2n) is 5.03. The maximum Gasteiger partial charge on any atom is 0.335 e. The Balaban J connectivity index is 0.00000200. The molecule has 2 rings (SSSR count). The standard InChI is InChI=1S/C14H19BrN2O2.ClH/c15-12-8-10(14(18)19)7-11(13(12)16)9-17-5-3-1-2-4-6-17;/h7-8H,1-6,9,16H2,(H,18,19);1H. The van der Waals surface area contributed by atoms with E-state index < -0.39 is 5.97 Å². The molecule has 1 aliphatic heterocycles. The monoisotopic (exact) mass is 362 g/mol. The molecule has 0 aliphatic carbocycles. The predicted octanol–water partition coefficient (Wildman–Crippen LogP) is 3.53. The maximum absolute atomic E-state index is 11.1. The van der Waals surface area contributed by atoms with Gasteiger partial charge in [-0.3, -0.25) is 4.90 Å². The molecule has 1 fully saturated rings. The van der Waals surface area contributed by atoms with Crippen molar-refractivity contribution in [3.63, 3.8) is 0 Å². The van der Waals surface area contributed by atoms with Crippen molar-refractivity contribution in [3.8, 4) is 0 Å². The first kappa shape index (κ1) is 17.3. The SMILES string of the molecule is Cl.Nc1c(Br)cc(C(=O)O)cc1CN1CCCCCC1. The fraction of sp³-hybridized carbons (Fsp3) is 0.500. The highest BCUT2D eigenvalue weighted by Gasteiger charge is 2.15. The number of nitrogens with two attached hydrogens (primary N) is 1. The highest BCUT2D eigenvalue weighted by molar-refractivity contribution is 9.10. The molecule has 1 aliphatic rings. The third-order valence-corrected chi connectivity index (χ3v) is 4.21. The van der Waals surface area contributed by atoms with Crippen molar-refractivity contribution in [1.29, 1.82) is 0 Å². The average molecular weight is 364 g/mol. The number of hydrogen-bond acceptors (Lipinski definition) is 3. The van der Waals surface area contributed by atoms with Gasteiger partial charge in [0.25, 0.3) is 0 Å². The van der Waals surface area contributed by atoms with Gasteiger partial charge >= 0.3 is 5.97 Å². The van der Waals surface area contributed by atoms with E-state index in [2.05, 4.69) is 20.8 Å². The molecule has 1 aromatic rings. The molecule has 1 heterocycles. The van der Waals surface area contributed by atoms with E-state index in [0.29, 0.717) is 10.2 Å². The van der Waals surface area contributed by atoms with Gasteiger partial charge in [-0.25, -0.2) is 4.79 Å². The molecular weight excluding hydrogens is 344 g/mol. The molecule has 0 saturated carbocycles. The van der Waals surface area contributed by atoms with Crippen molar-refractivity contribution >= 4 is 40.0 Å². The molecule has 4 nitrogen and oxygen atoms in total. The second-order valence-corrected chi connectivity index (χ2v) is 5.88. The van der Waals surface area contributed by atoms with E-state index in [9.17, 15) is 4.79 Å². The first-order chi connectivity index (χ1) is 9.08. The normalized spacial score (nSPS) is 16.2. The summed E-state index contributed by atoms with van der Waals surface area (Å²) in [6.07, 6.45) is 4.98. The lowest BCUT2D eigenvalue weighted by atomic mass is 10.1. The molecule has 0 atom stereocenters. The summed E-state index contributed by atoms with van der Waals surface area (Å²) in [4.78, 5) is 13.4. The number of benzene rings is 1. The van der Waals surface area contributed by atoms with Gasteiger partial charge in [-0.2, -0.15) is 0 Å². The predicted molar refractivity (Wildman–Crippen MR) is 86.5 cm³/mol. The summed E-state index contributed by atoms with van der Waals surface area (Å²) in [6, 6.07) is 3.25. The zero-order valence-electron chi connectivity index (χ0n) is 11.3. The van der Waals surface area contributed by atoms with Crippen LogP contribution in [-0.4, -0.2) is 29.1 Å². The summed E-state index contributed by atoms with van der Waals surface area (Å²) in [7, 11) is 0. The van der Waals surface area contributed by atoms with Gasteiger partial charge in [-0.05, 0) is 59.6 Å². The Morgan fingerprint density at radius 1 is 1.25 bits per heavy atom. The Bertz CT molecular complexity index is 474. The fourth-order valence-corrected chi connectivity index (χ4v) is 2.97. The molecule has 1 saturated heterocycles. The number of nitrogens with zero attached hydrogens (tertiary/aromatic N) is 1. The number of nitrogen functional groups attached to an aromatic ring is 1. The molecule has 20 heavy (non-hydrogen) atoms. The number of carbonyl (C=O) groups is 1. The highest BCUT2D eigenvalue weighted by atomic mass is 79.9. The Morgan fingerprint density at radius 3 is 2.40 bits per heavy atom. The van der Waals surface area contributed by atoms with E-state index in [0.717, 1.165) is 25.2 Å². The van der Waals surface area contributed by atoms with Crippen molar-refractivity contribution in [2.75, 3.05) is 18.8 Å². The Kier molecular flexibility index (Phi) is 6.79. The summed E-state index contributed by atoms with van der Waals surface area (Å²) >= 11 is 3.34. The van der Waals surface area contributed by atoms with Crippen LogP contribution in [0.15, 0.2) is 16.6 Å². The van der Waals surface area contributed by atoms with Crippen LogP contribution in [0.2, 0.25) is 0 Å². The van der Waals surface area contributed by atoms with Gasteiger partial charge in [0.1, 0.15) is 0 Å². The molecular formula is C14H20BrClN2O2. The van der Waals surface area contributed by atoms with Crippen LogP contribution in [0.1, 0.15) is 41.6 Å². The topological polar surface area (TPSA) is 66.6 Å². The van der Waals surface area contributed by atoms with Gasteiger partial charge in [0, 0.05) is 11.0 Å². The molecule has 0 radical (unpaired) electrons. The van der Waals surface area contributed by atoms with Crippen molar-refractivity contribution < 1.29 is 9.90 Å². The highest BCUT2D eigenvalue weighted by Crippen LogP contribution is 2.27. The van der Waals surface area contributed by atoms with E-state index >= 15 is 0 Å². The first-order valence-corrected chi connectivity index (χ1v) is 7.41. The van der Waals surface area contributed by atoms with E-state index in [1.54, 1.807) is 12.1 Å². The molecule has 6 heteroatoms. The van der Waals surface area contributed by atoms with Crippen LogP contribution in [-0.2, 0) is 6.54 Å². The summed E-state index contributed by atoms with van der Waals surface area (Å²) in [6.45, 7) is 2.86. The van der Waals surface area contributed by atoms with Crippen molar-refractivity contribution in [2.45, 2.75) is 32.2 Å². The van der Waals surface area contributed by atoms with Gasteiger partial charge < -0.3 is 10.8 Å². The van der Waals surface area contributed by atoms with Crippen LogP contribution >= 0.6 is 28.3 Å². The van der Waals surface area contributed by atoms with E-state index in [1.165, 1.54) is 25.7 Å². The summed E-state index contributed by atoms with van der Waals surface area (Å²) in [5.41, 5.74) is 7.87. The number of likely N-dealkylation sites (tertiary alicyclic amines) is 1. The second kappa shape index (κ2) is 7.86. The van der Waals surface area contributed by atoms with Gasteiger partial charge in [-0.15, -0.1) is 12.4 Å². The van der Waals surface area contributed by atoms with Gasteiger partial charge in [0.05, 0.1) is 11.3 Å². The maximum atomic E-state index is 11.1. The lowest BCUT2D eigenvalue weighted by Crippen LogP contribution is -2.24. The van der Waals surface area contributed by atoms with Gasteiger partial charge in [0.2, 0.25) is 0 Å². The quantitative estimate of drug-likeness (QED) is 0.806. The third-order valence-electron chi connectivity index (χ3n) is 3.55. The summed E-state index contributed by atoms with van der Waals surface area (Å²) in [5, 5.41) is 9.10. The minimum Gasteiger partial charge on any atom is -0.478 e. The molecule has 0 unspecified atom stereocenters. The number of hydrogen-bond donors (Lipinski definition) is 2. The number of rotatable bonds is 3. The number of aromatic carboxylic acids is 1. The van der Waals surface area contributed by atoms with Gasteiger partial charge in [-0.1, -0.05) is 12.8 Å². The smallest absolute Gasteiger partial charge is 0.335 e. The zero-order valence-corrected chi connectivity index (χ0v) is 13.7. The van der Waals surface area contributed by atoms with Crippen LogP contribution in [0.4, 0.5) is 5.69 Å². The number of carboxylic acids is 1. The molecule has 1 aromatic carbocycles. The lowest BCUT2D eigenvalue weighted by Gasteiger charge is -2.21. The minimum absolute atomic E-state index is 0. The molecule has 0 spiro atoms. The van der Waals surface area contributed by atoms with Crippen molar-refractivity contribution in [3.05, 3.63) is 27.7 Å². The Morgan fingerprint density at radius 2 is 1.85 bits per heavy atom. The molecule has 3 N–H and O–H groups in total. The Hall–Kier alpha value is -0.780. The molecule has 0 aromatic heterocycles.